The van der Waals surface area contributed by atoms with E-state index < -0.39 is 10.0 Å². The Bertz CT molecular complexity index is 669. The molecule has 0 aliphatic heterocycles. The average Bonchev–Trinajstić information content (AvgIpc) is 2.76. The second kappa shape index (κ2) is 5.95. The lowest BCUT2D eigenvalue weighted by Crippen LogP contribution is -2.18. The van der Waals surface area contributed by atoms with Crippen LogP contribution in [0.3, 0.4) is 0 Å². The summed E-state index contributed by atoms with van der Waals surface area (Å²) in [7, 11) is -1.95. The first-order chi connectivity index (χ1) is 9.42. The zero-order chi connectivity index (χ0) is 14.8. The smallest absolute Gasteiger partial charge is 0.240 e. The number of thiophene rings is 1. The highest BCUT2D eigenvalue weighted by Crippen LogP contribution is 2.22. The molecule has 1 aromatic carbocycles. The predicted molar refractivity (Wildman–Crippen MR) is 83.8 cm³/mol. The monoisotopic (exact) mass is 310 g/mol. The molecule has 0 atom stereocenters. The molecule has 2 N–H and O–H groups in total. The van der Waals surface area contributed by atoms with E-state index in [1.807, 2.05) is 0 Å². The molecule has 0 saturated heterocycles. The van der Waals surface area contributed by atoms with Crippen LogP contribution in [-0.2, 0) is 16.6 Å². The summed E-state index contributed by atoms with van der Waals surface area (Å²) in [5.74, 6) is 0. The van der Waals surface area contributed by atoms with Gasteiger partial charge in [-0.15, -0.1) is 11.3 Å². The van der Waals surface area contributed by atoms with Crippen LogP contribution in [0, 0.1) is 13.8 Å². The zero-order valence-corrected chi connectivity index (χ0v) is 13.4. The summed E-state index contributed by atoms with van der Waals surface area (Å²) in [5, 5.41) is 3.29. The van der Waals surface area contributed by atoms with Gasteiger partial charge in [0.15, 0.2) is 0 Å². The van der Waals surface area contributed by atoms with Gasteiger partial charge >= 0.3 is 0 Å². The number of nitrogens with one attached hydrogen (secondary N) is 2. The van der Waals surface area contributed by atoms with Crippen molar-refractivity contribution >= 4 is 27.0 Å². The van der Waals surface area contributed by atoms with Crippen LogP contribution in [0.2, 0.25) is 0 Å². The number of sulfonamides is 1. The number of benzene rings is 1. The van der Waals surface area contributed by atoms with Crippen molar-refractivity contribution in [2.24, 2.45) is 0 Å². The van der Waals surface area contributed by atoms with Crippen molar-refractivity contribution in [1.82, 2.24) is 4.72 Å². The molecule has 0 spiro atoms. The quantitative estimate of drug-likeness (QED) is 0.893. The standard InChI is InChI=1S/C14H18N2O2S2/c1-10-8-13(19-11(10)2)9-16-12-4-6-14(7-5-12)20(17,18)15-3/h4-8,15-16H,9H2,1-3H3. The van der Waals surface area contributed by atoms with E-state index in [2.05, 4.69) is 30.0 Å². The minimum atomic E-state index is -3.36. The minimum absolute atomic E-state index is 0.272. The van der Waals surface area contributed by atoms with Gasteiger partial charge in [0.2, 0.25) is 10.0 Å². The fourth-order valence-corrected chi connectivity index (χ4v) is 3.52. The Kier molecular flexibility index (Phi) is 4.47. The number of hydrogen-bond acceptors (Lipinski definition) is 4. The molecule has 0 unspecified atom stereocenters. The molecule has 0 aliphatic rings. The van der Waals surface area contributed by atoms with E-state index in [1.54, 1.807) is 35.6 Å². The van der Waals surface area contributed by atoms with Gasteiger partial charge in [-0.25, -0.2) is 13.1 Å². The van der Waals surface area contributed by atoms with Crippen LogP contribution in [0.4, 0.5) is 5.69 Å². The van der Waals surface area contributed by atoms with E-state index >= 15 is 0 Å². The molecule has 1 heterocycles. The predicted octanol–water partition coefficient (Wildman–Crippen LogP) is 2.89. The number of hydrogen-bond donors (Lipinski definition) is 2. The van der Waals surface area contributed by atoms with Gasteiger partial charge in [-0.3, -0.25) is 0 Å². The van der Waals surface area contributed by atoms with Gasteiger partial charge in [-0.05, 0) is 56.8 Å². The topological polar surface area (TPSA) is 58.2 Å². The molecular formula is C14H18N2O2S2. The van der Waals surface area contributed by atoms with Gasteiger partial charge < -0.3 is 5.32 Å². The van der Waals surface area contributed by atoms with Gasteiger partial charge in [-0.2, -0.15) is 0 Å². The normalized spacial score (nSPS) is 11.6. The Hall–Kier alpha value is -1.37. The fraction of sp³-hybridized carbons (Fsp3) is 0.286. The van der Waals surface area contributed by atoms with Crippen molar-refractivity contribution in [3.63, 3.8) is 0 Å². The van der Waals surface area contributed by atoms with Crippen molar-refractivity contribution in [2.75, 3.05) is 12.4 Å². The molecule has 0 amide bonds. The van der Waals surface area contributed by atoms with Crippen LogP contribution in [-0.4, -0.2) is 15.5 Å². The van der Waals surface area contributed by atoms with Crippen LogP contribution in [0.5, 0.6) is 0 Å². The molecule has 6 heteroatoms. The summed E-state index contributed by atoms with van der Waals surface area (Å²) in [5.41, 5.74) is 2.21. The van der Waals surface area contributed by atoms with E-state index in [1.165, 1.54) is 22.4 Å². The van der Waals surface area contributed by atoms with Gasteiger partial charge in [-0.1, -0.05) is 0 Å². The van der Waals surface area contributed by atoms with Crippen LogP contribution in [0.1, 0.15) is 15.3 Å². The molecule has 4 nitrogen and oxygen atoms in total. The van der Waals surface area contributed by atoms with E-state index in [4.69, 9.17) is 0 Å². The van der Waals surface area contributed by atoms with Crippen molar-refractivity contribution in [1.29, 1.82) is 0 Å². The average molecular weight is 310 g/mol. The highest BCUT2D eigenvalue weighted by atomic mass is 32.2. The molecule has 20 heavy (non-hydrogen) atoms. The third kappa shape index (κ3) is 3.39. The Morgan fingerprint density at radius 2 is 1.80 bits per heavy atom. The zero-order valence-electron chi connectivity index (χ0n) is 11.7. The highest BCUT2D eigenvalue weighted by Gasteiger charge is 2.10. The maximum atomic E-state index is 11.6. The van der Waals surface area contributed by atoms with Crippen LogP contribution in [0.25, 0.3) is 0 Å². The molecule has 2 aromatic rings. The van der Waals surface area contributed by atoms with E-state index in [0.29, 0.717) is 0 Å². The molecular weight excluding hydrogens is 292 g/mol. The molecule has 0 aliphatic carbocycles. The molecule has 1 aromatic heterocycles. The third-order valence-corrected chi connectivity index (χ3v) is 5.70. The van der Waals surface area contributed by atoms with Crippen molar-refractivity contribution in [2.45, 2.75) is 25.3 Å². The molecule has 0 fully saturated rings. The maximum absolute atomic E-state index is 11.6. The second-order valence-electron chi connectivity index (χ2n) is 4.54. The Labute approximate surface area is 123 Å². The maximum Gasteiger partial charge on any atom is 0.240 e. The first-order valence-corrected chi connectivity index (χ1v) is 8.56. The molecule has 108 valence electrons. The summed E-state index contributed by atoms with van der Waals surface area (Å²) < 4.78 is 25.5. The van der Waals surface area contributed by atoms with E-state index in [9.17, 15) is 8.42 Å². The van der Waals surface area contributed by atoms with Gasteiger partial charge in [0.1, 0.15) is 0 Å². The molecule has 0 saturated carbocycles. The van der Waals surface area contributed by atoms with Crippen molar-refractivity contribution in [3.05, 3.63) is 45.6 Å². The van der Waals surface area contributed by atoms with Gasteiger partial charge in [0.25, 0.3) is 0 Å². The fourth-order valence-electron chi connectivity index (χ4n) is 1.80. The number of aryl methyl sites for hydroxylation is 2. The minimum Gasteiger partial charge on any atom is -0.380 e. The van der Waals surface area contributed by atoms with Crippen molar-refractivity contribution < 1.29 is 8.42 Å². The third-order valence-electron chi connectivity index (χ3n) is 3.12. The molecule has 0 bridgehead atoms. The van der Waals surface area contributed by atoms with Crippen LogP contribution < -0.4 is 10.0 Å². The van der Waals surface area contributed by atoms with Crippen LogP contribution >= 0.6 is 11.3 Å². The second-order valence-corrected chi connectivity index (χ2v) is 7.76. The SMILES string of the molecule is CNS(=O)(=O)c1ccc(NCc2cc(C)c(C)s2)cc1. The molecule has 0 radical (unpaired) electrons. The van der Waals surface area contributed by atoms with Gasteiger partial charge in [0.05, 0.1) is 4.90 Å². The lowest BCUT2D eigenvalue weighted by Gasteiger charge is -2.06. The summed E-state index contributed by atoms with van der Waals surface area (Å²) in [6.07, 6.45) is 0. The summed E-state index contributed by atoms with van der Waals surface area (Å²) in [6, 6.07) is 8.92. The summed E-state index contributed by atoms with van der Waals surface area (Å²) in [6.45, 7) is 4.96. The van der Waals surface area contributed by atoms with E-state index in [0.717, 1.165) is 12.2 Å². The summed E-state index contributed by atoms with van der Waals surface area (Å²) in [4.78, 5) is 2.87. The Morgan fingerprint density at radius 1 is 1.15 bits per heavy atom. The number of rotatable bonds is 5. The Morgan fingerprint density at radius 3 is 2.30 bits per heavy atom. The van der Waals surface area contributed by atoms with E-state index in [-0.39, 0.29) is 4.90 Å². The van der Waals surface area contributed by atoms with Crippen molar-refractivity contribution in [3.8, 4) is 0 Å². The van der Waals surface area contributed by atoms with Crippen LogP contribution in [0.15, 0.2) is 35.2 Å². The Balaban J connectivity index is 2.04. The first-order valence-electron chi connectivity index (χ1n) is 6.26. The van der Waals surface area contributed by atoms with Gasteiger partial charge in [0, 0.05) is 22.0 Å². The summed E-state index contributed by atoms with van der Waals surface area (Å²) >= 11 is 1.78. The first kappa shape index (κ1) is 15.0. The highest BCUT2D eigenvalue weighted by molar-refractivity contribution is 7.89. The molecule has 2 rings (SSSR count). The lowest BCUT2D eigenvalue weighted by molar-refractivity contribution is 0.588. The number of anilines is 1. The largest absolute Gasteiger partial charge is 0.380 e. The lowest BCUT2D eigenvalue weighted by atomic mass is 10.3.